The lowest BCUT2D eigenvalue weighted by atomic mass is 10.2. The van der Waals surface area contributed by atoms with Crippen LogP contribution >= 0.6 is 0 Å². The number of fused-ring (bicyclic) bond motifs is 1. The first-order valence-corrected chi connectivity index (χ1v) is 8.61. The van der Waals surface area contributed by atoms with Crippen LogP contribution in [0.3, 0.4) is 0 Å². The molecule has 0 unspecified atom stereocenters. The molecule has 2 aliphatic rings. The van der Waals surface area contributed by atoms with E-state index in [0.29, 0.717) is 17.9 Å². The number of rotatable bonds is 4. The van der Waals surface area contributed by atoms with Crippen LogP contribution in [0.5, 0.6) is 11.5 Å². The first kappa shape index (κ1) is 16.2. The molecule has 1 aromatic carbocycles. The van der Waals surface area contributed by atoms with Crippen LogP contribution in [-0.2, 0) is 6.54 Å². The number of nitrogens with two attached hydrogens (primary N) is 1. The Morgan fingerprint density at radius 3 is 2.58 bits per heavy atom. The van der Waals surface area contributed by atoms with Crippen LogP contribution in [-0.4, -0.2) is 37.5 Å². The fourth-order valence-corrected chi connectivity index (χ4v) is 3.58. The average molecular weight is 351 g/mol. The molecule has 0 aliphatic carbocycles. The molecule has 2 N–H and O–H groups in total. The second kappa shape index (κ2) is 6.56. The van der Waals surface area contributed by atoms with Crippen molar-refractivity contribution in [1.82, 2.24) is 4.57 Å². The van der Waals surface area contributed by atoms with Gasteiger partial charge in [-0.3, -0.25) is 0 Å². The average Bonchev–Trinajstić information content (AvgIpc) is 3.25. The van der Waals surface area contributed by atoms with Gasteiger partial charge in [0.05, 0.1) is 5.69 Å². The molecular weight excluding hydrogens is 330 g/mol. The zero-order chi connectivity index (χ0) is 18.1. The normalized spacial score (nSPS) is 15.8. The summed E-state index contributed by atoms with van der Waals surface area (Å²) in [6, 6.07) is 10.00. The molecule has 1 aromatic heterocycles. The van der Waals surface area contributed by atoms with E-state index in [9.17, 15) is 5.26 Å². The van der Waals surface area contributed by atoms with Crippen molar-refractivity contribution in [2.45, 2.75) is 6.54 Å². The Balaban J connectivity index is 1.51. The van der Waals surface area contributed by atoms with Gasteiger partial charge in [-0.05, 0) is 18.2 Å². The van der Waals surface area contributed by atoms with E-state index in [-0.39, 0.29) is 6.79 Å². The number of allylic oxidation sites excluding steroid dienone is 1. The topological polar surface area (TPSA) is 79.7 Å². The molecule has 4 rings (SSSR count). The van der Waals surface area contributed by atoms with Gasteiger partial charge in [0.1, 0.15) is 17.6 Å². The second-order valence-electron chi connectivity index (χ2n) is 6.33. The Morgan fingerprint density at radius 1 is 1.12 bits per heavy atom. The van der Waals surface area contributed by atoms with Crippen molar-refractivity contribution in [2.75, 3.05) is 48.5 Å². The van der Waals surface area contributed by atoms with E-state index < -0.39 is 0 Å². The van der Waals surface area contributed by atoms with Crippen molar-refractivity contribution in [3.05, 3.63) is 42.6 Å². The summed E-state index contributed by atoms with van der Waals surface area (Å²) in [5.74, 6) is 2.51. The first-order chi connectivity index (χ1) is 12.7. The van der Waals surface area contributed by atoms with E-state index in [0.717, 1.165) is 49.2 Å². The SMILES string of the molecule is C=CCn1c(C#N)cc(N)c1N1CCN(c2ccc3c(c2)OCO3)CC1. The zero-order valence-electron chi connectivity index (χ0n) is 14.5. The second-order valence-corrected chi connectivity index (χ2v) is 6.33. The highest BCUT2D eigenvalue weighted by Crippen LogP contribution is 2.36. The summed E-state index contributed by atoms with van der Waals surface area (Å²) in [5.41, 5.74) is 8.52. The van der Waals surface area contributed by atoms with E-state index >= 15 is 0 Å². The van der Waals surface area contributed by atoms with Crippen molar-refractivity contribution < 1.29 is 9.47 Å². The molecule has 2 aromatic rings. The minimum Gasteiger partial charge on any atom is -0.454 e. The van der Waals surface area contributed by atoms with Crippen LogP contribution in [0.1, 0.15) is 5.69 Å². The summed E-state index contributed by atoms with van der Waals surface area (Å²) in [4.78, 5) is 4.56. The number of nitrogens with zero attached hydrogens (tertiary/aromatic N) is 4. The van der Waals surface area contributed by atoms with Gasteiger partial charge in [0.2, 0.25) is 6.79 Å². The van der Waals surface area contributed by atoms with Gasteiger partial charge in [-0.1, -0.05) is 6.08 Å². The lowest BCUT2D eigenvalue weighted by Gasteiger charge is -2.38. The van der Waals surface area contributed by atoms with Gasteiger partial charge in [0.25, 0.3) is 0 Å². The molecule has 1 fully saturated rings. The van der Waals surface area contributed by atoms with Crippen LogP contribution in [0.15, 0.2) is 36.9 Å². The summed E-state index contributed by atoms with van der Waals surface area (Å²) >= 11 is 0. The summed E-state index contributed by atoms with van der Waals surface area (Å²) < 4.78 is 12.8. The number of aromatic nitrogens is 1. The lowest BCUT2D eigenvalue weighted by Crippen LogP contribution is -2.47. The van der Waals surface area contributed by atoms with Crippen LogP contribution in [0.25, 0.3) is 0 Å². The van der Waals surface area contributed by atoms with Crippen molar-refractivity contribution in [1.29, 1.82) is 5.26 Å². The van der Waals surface area contributed by atoms with Gasteiger partial charge in [0.15, 0.2) is 11.5 Å². The molecule has 0 bridgehead atoms. The first-order valence-electron chi connectivity index (χ1n) is 8.61. The highest BCUT2D eigenvalue weighted by atomic mass is 16.7. The molecular formula is C19H21N5O2. The Kier molecular flexibility index (Phi) is 4.09. The van der Waals surface area contributed by atoms with Gasteiger partial charge in [-0.2, -0.15) is 5.26 Å². The van der Waals surface area contributed by atoms with E-state index in [1.165, 1.54) is 0 Å². The number of nitrogen functional groups attached to an aromatic ring is 1. The van der Waals surface area contributed by atoms with E-state index in [4.69, 9.17) is 15.2 Å². The Labute approximate surface area is 152 Å². The molecule has 0 atom stereocenters. The minimum absolute atomic E-state index is 0.285. The number of hydrogen-bond acceptors (Lipinski definition) is 6. The van der Waals surface area contributed by atoms with Crippen molar-refractivity contribution in [3.63, 3.8) is 0 Å². The standard InChI is InChI=1S/C19H21N5O2/c1-2-5-24-15(12-20)10-16(21)19(24)23-8-6-22(7-9-23)14-3-4-17-18(11-14)26-13-25-17/h2-4,10-11H,1,5-9,13,21H2. The van der Waals surface area contributed by atoms with Crippen LogP contribution in [0.2, 0.25) is 0 Å². The Morgan fingerprint density at radius 2 is 1.85 bits per heavy atom. The van der Waals surface area contributed by atoms with Gasteiger partial charge in [-0.25, -0.2) is 0 Å². The molecule has 134 valence electrons. The molecule has 0 saturated carbocycles. The lowest BCUT2D eigenvalue weighted by molar-refractivity contribution is 0.174. The minimum atomic E-state index is 0.285. The third-order valence-electron chi connectivity index (χ3n) is 4.82. The molecule has 1 saturated heterocycles. The monoisotopic (exact) mass is 351 g/mol. The largest absolute Gasteiger partial charge is 0.454 e. The maximum Gasteiger partial charge on any atom is 0.231 e. The Bertz CT molecular complexity index is 875. The number of anilines is 3. The quantitative estimate of drug-likeness (QED) is 0.851. The van der Waals surface area contributed by atoms with Crippen LogP contribution in [0.4, 0.5) is 17.2 Å². The van der Waals surface area contributed by atoms with Crippen LogP contribution in [0, 0.1) is 11.3 Å². The summed E-state index contributed by atoms with van der Waals surface area (Å²) in [7, 11) is 0. The summed E-state index contributed by atoms with van der Waals surface area (Å²) in [5, 5.41) is 9.34. The van der Waals surface area contributed by atoms with Crippen molar-refractivity contribution in [2.24, 2.45) is 0 Å². The van der Waals surface area contributed by atoms with E-state index in [1.54, 1.807) is 12.1 Å². The van der Waals surface area contributed by atoms with Gasteiger partial charge >= 0.3 is 0 Å². The number of nitriles is 1. The molecule has 7 nitrogen and oxygen atoms in total. The van der Waals surface area contributed by atoms with E-state index in [2.05, 4.69) is 28.5 Å². The maximum absolute atomic E-state index is 9.34. The van der Waals surface area contributed by atoms with Crippen LogP contribution < -0.4 is 25.0 Å². The fourth-order valence-electron chi connectivity index (χ4n) is 3.58. The fraction of sp³-hybridized carbons (Fsp3) is 0.316. The van der Waals surface area contributed by atoms with Gasteiger partial charge in [0, 0.05) is 44.5 Å². The third-order valence-corrected chi connectivity index (χ3v) is 4.82. The highest BCUT2D eigenvalue weighted by Gasteiger charge is 2.24. The number of ether oxygens (including phenoxy) is 2. The van der Waals surface area contributed by atoms with Crippen molar-refractivity contribution in [3.8, 4) is 17.6 Å². The summed E-state index contributed by atoms with van der Waals surface area (Å²) in [6.07, 6.45) is 1.78. The van der Waals surface area contributed by atoms with E-state index in [1.807, 2.05) is 16.7 Å². The van der Waals surface area contributed by atoms with Crippen molar-refractivity contribution >= 4 is 17.2 Å². The Hall–Kier alpha value is -3.27. The van der Waals surface area contributed by atoms with Gasteiger partial charge < -0.3 is 29.6 Å². The molecule has 2 aliphatic heterocycles. The third kappa shape index (κ3) is 2.69. The number of piperazine rings is 1. The molecule has 0 amide bonds. The maximum atomic E-state index is 9.34. The highest BCUT2D eigenvalue weighted by molar-refractivity contribution is 5.69. The molecule has 0 spiro atoms. The molecule has 7 heteroatoms. The predicted molar refractivity (Wildman–Crippen MR) is 101 cm³/mol. The number of hydrogen-bond donors (Lipinski definition) is 1. The molecule has 26 heavy (non-hydrogen) atoms. The summed E-state index contributed by atoms with van der Waals surface area (Å²) in [6.45, 7) is 8.01. The zero-order valence-corrected chi connectivity index (χ0v) is 14.5. The predicted octanol–water partition coefficient (Wildman–Crippen LogP) is 2.18. The molecule has 3 heterocycles. The molecule has 0 radical (unpaired) electrons. The number of benzene rings is 1. The van der Waals surface area contributed by atoms with Gasteiger partial charge in [-0.15, -0.1) is 6.58 Å². The smallest absolute Gasteiger partial charge is 0.231 e.